The molecule has 0 saturated heterocycles. The third-order valence-corrected chi connectivity index (χ3v) is 2.22. The van der Waals surface area contributed by atoms with Crippen LogP contribution in [-0.2, 0) is 14.3 Å². The third kappa shape index (κ3) is 5.39. The van der Waals surface area contributed by atoms with Gasteiger partial charge in [0.05, 0.1) is 12.7 Å². The van der Waals surface area contributed by atoms with Gasteiger partial charge in [-0.3, -0.25) is 0 Å². The highest BCUT2D eigenvalue weighted by Crippen LogP contribution is 2.16. The van der Waals surface area contributed by atoms with E-state index in [9.17, 15) is 4.79 Å². The fraction of sp³-hybridized carbons (Fsp3) is 0.462. The normalized spacial score (nSPS) is 11.2. The van der Waals surface area contributed by atoms with Gasteiger partial charge in [0.1, 0.15) is 11.4 Å². The van der Waals surface area contributed by atoms with Crippen molar-refractivity contribution in [3.8, 4) is 0 Å². The molecular formula is C13H20O3. The lowest BCUT2D eigenvalue weighted by atomic mass is 10.1. The largest absolute Gasteiger partial charge is 0.497 e. The van der Waals surface area contributed by atoms with E-state index < -0.39 is 11.6 Å². The summed E-state index contributed by atoms with van der Waals surface area (Å²) in [4.78, 5) is 11.6. The van der Waals surface area contributed by atoms with Crippen molar-refractivity contribution in [2.45, 2.75) is 32.8 Å². The first kappa shape index (κ1) is 14.5. The van der Waals surface area contributed by atoms with Crippen molar-refractivity contribution in [1.29, 1.82) is 0 Å². The first-order chi connectivity index (χ1) is 7.32. The summed E-state index contributed by atoms with van der Waals surface area (Å²) in [5.74, 6) is 0.0377. The third-order valence-electron chi connectivity index (χ3n) is 2.22. The van der Waals surface area contributed by atoms with Gasteiger partial charge >= 0.3 is 5.97 Å². The van der Waals surface area contributed by atoms with E-state index in [4.69, 9.17) is 9.47 Å². The van der Waals surface area contributed by atoms with Crippen LogP contribution in [0.1, 0.15) is 27.2 Å². The van der Waals surface area contributed by atoms with Crippen molar-refractivity contribution in [2.75, 3.05) is 7.11 Å². The number of ether oxygens (including phenoxy) is 2. The molecule has 0 amide bonds. The van der Waals surface area contributed by atoms with Crippen molar-refractivity contribution in [1.82, 2.24) is 0 Å². The summed E-state index contributed by atoms with van der Waals surface area (Å²) in [6, 6.07) is 0. The Morgan fingerprint density at radius 2 is 1.88 bits per heavy atom. The molecule has 0 aliphatic heterocycles. The molecule has 0 aromatic heterocycles. The second kappa shape index (κ2) is 6.16. The number of esters is 1. The van der Waals surface area contributed by atoms with Crippen LogP contribution in [0.3, 0.4) is 0 Å². The predicted octanol–water partition coefficient (Wildman–Crippen LogP) is 2.99. The highest BCUT2D eigenvalue weighted by atomic mass is 16.6. The molecule has 90 valence electrons. The molecule has 0 atom stereocenters. The Bertz CT molecular complexity index is 311. The van der Waals surface area contributed by atoms with E-state index in [1.807, 2.05) is 20.8 Å². The van der Waals surface area contributed by atoms with Crippen LogP contribution < -0.4 is 0 Å². The second-order valence-electron chi connectivity index (χ2n) is 4.03. The molecule has 0 aliphatic rings. The van der Waals surface area contributed by atoms with E-state index >= 15 is 0 Å². The number of hydrogen-bond donors (Lipinski definition) is 0. The van der Waals surface area contributed by atoms with E-state index in [-0.39, 0.29) is 5.57 Å². The molecule has 0 saturated carbocycles. The van der Waals surface area contributed by atoms with Crippen LogP contribution in [0.5, 0.6) is 0 Å². The minimum absolute atomic E-state index is 0.278. The molecule has 0 bridgehead atoms. The Morgan fingerprint density at radius 3 is 2.31 bits per heavy atom. The van der Waals surface area contributed by atoms with Crippen LogP contribution in [-0.4, -0.2) is 18.7 Å². The molecule has 0 aromatic rings. The number of rotatable bonds is 6. The summed E-state index contributed by atoms with van der Waals surface area (Å²) in [7, 11) is 1.51. The monoisotopic (exact) mass is 224 g/mol. The summed E-state index contributed by atoms with van der Waals surface area (Å²) >= 11 is 0. The van der Waals surface area contributed by atoms with E-state index in [0.717, 1.165) is 6.42 Å². The molecule has 0 fully saturated rings. The van der Waals surface area contributed by atoms with E-state index in [2.05, 4.69) is 13.2 Å². The number of allylic oxidation sites excluding steroid dienone is 1. The number of methoxy groups -OCH3 is 1. The maximum atomic E-state index is 11.6. The van der Waals surface area contributed by atoms with Gasteiger partial charge in [-0.25, -0.2) is 4.79 Å². The van der Waals surface area contributed by atoms with Gasteiger partial charge in [0, 0.05) is 0 Å². The molecule has 0 aromatic carbocycles. The Hall–Kier alpha value is -1.51. The molecule has 0 aliphatic carbocycles. The zero-order valence-electron chi connectivity index (χ0n) is 10.5. The topological polar surface area (TPSA) is 35.5 Å². The van der Waals surface area contributed by atoms with E-state index in [1.54, 1.807) is 6.08 Å². The van der Waals surface area contributed by atoms with Crippen molar-refractivity contribution in [3.05, 3.63) is 36.6 Å². The van der Waals surface area contributed by atoms with Gasteiger partial charge in [0.15, 0.2) is 0 Å². The molecule has 3 nitrogen and oxygen atoms in total. The molecular weight excluding hydrogens is 204 g/mol. The number of carbonyl (C=O) groups excluding carboxylic acids is 1. The van der Waals surface area contributed by atoms with Crippen LogP contribution in [0.15, 0.2) is 36.6 Å². The first-order valence-electron chi connectivity index (χ1n) is 5.15. The van der Waals surface area contributed by atoms with Gasteiger partial charge in [-0.05, 0) is 32.4 Å². The molecule has 0 unspecified atom stereocenters. The summed E-state index contributed by atoms with van der Waals surface area (Å²) < 4.78 is 10.1. The maximum absolute atomic E-state index is 11.6. The highest BCUT2D eigenvalue weighted by molar-refractivity contribution is 5.91. The number of hydrogen-bond acceptors (Lipinski definition) is 3. The number of carbonyl (C=O) groups is 1. The highest BCUT2D eigenvalue weighted by Gasteiger charge is 2.20. The van der Waals surface area contributed by atoms with Gasteiger partial charge in [0.25, 0.3) is 0 Å². The molecule has 0 heterocycles. The van der Waals surface area contributed by atoms with Crippen LogP contribution in [0.2, 0.25) is 0 Å². The maximum Gasteiger partial charge on any atom is 0.338 e. The zero-order chi connectivity index (χ0) is 12.8. The minimum atomic E-state index is -0.466. The predicted molar refractivity (Wildman–Crippen MR) is 64.9 cm³/mol. The molecule has 0 rings (SSSR count). The first-order valence-corrected chi connectivity index (χ1v) is 5.15. The second-order valence-corrected chi connectivity index (χ2v) is 4.03. The van der Waals surface area contributed by atoms with Crippen molar-refractivity contribution in [3.63, 3.8) is 0 Å². The molecule has 0 N–H and O–H groups in total. The Labute approximate surface area is 97.4 Å². The summed E-state index contributed by atoms with van der Waals surface area (Å²) in [6.45, 7) is 12.9. The van der Waals surface area contributed by atoms with Crippen LogP contribution in [0.25, 0.3) is 0 Å². The standard InChI is InChI=1S/C13H20O3/c1-7-13(4,5)16-12(14)10(2)8-9-11(3)15-6/h8-9H,2-3,7H2,1,4-6H3/b9-8-. The minimum Gasteiger partial charge on any atom is -0.497 e. The SMILES string of the molecule is C=C(/C=C\C(=C)C(=O)OC(C)(C)CC)OC. The molecule has 0 radical (unpaired) electrons. The van der Waals surface area contributed by atoms with Crippen molar-refractivity contribution >= 4 is 5.97 Å². The quantitative estimate of drug-likeness (QED) is 0.301. The fourth-order valence-corrected chi connectivity index (χ4v) is 0.718. The van der Waals surface area contributed by atoms with Crippen LogP contribution >= 0.6 is 0 Å². The van der Waals surface area contributed by atoms with Gasteiger partial charge < -0.3 is 9.47 Å². The lowest BCUT2D eigenvalue weighted by Crippen LogP contribution is -2.27. The Morgan fingerprint density at radius 1 is 1.31 bits per heavy atom. The average molecular weight is 224 g/mol. The molecule has 3 heteroatoms. The summed E-state index contributed by atoms with van der Waals surface area (Å²) in [5, 5.41) is 0. The lowest BCUT2D eigenvalue weighted by molar-refractivity contribution is -0.151. The van der Waals surface area contributed by atoms with Gasteiger partial charge in [-0.1, -0.05) is 20.1 Å². The van der Waals surface area contributed by atoms with E-state index in [1.165, 1.54) is 13.2 Å². The van der Waals surface area contributed by atoms with Crippen molar-refractivity contribution < 1.29 is 14.3 Å². The smallest absolute Gasteiger partial charge is 0.338 e. The molecule has 16 heavy (non-hydrogen) atoms. The van der Waals surface area contributed by atoms with Crippen LogP contribution in [0.4, 0.5) is 0 Å². The van der Waals surface area contributed by atoms with E-state index in [0.29, 0.717) is 5.76 Å². The Balaban J connectivity index is 4.36. The zero-order valence-corrected chi connectivity index (χ0v) is 10.5. The van der Waals surface area contributed by atoms with Gasteiger partial charge in [-0.2, -0.15) is 0 Å². The van der Waals surface area contributed by atoms with Gasteiger partial charge in [0.2, 0.25) is 0 Å². The average Bonchev–Trinajstić information content (AvgIpc) is 2.24. The Kier molecular flexibility index (Phi) is 5.57. The summed E-state index contributed by atoms with van der Waals surface area (Å²) in [5.41, 5.74) is -0.189. The van der Waals surface area contributed by atoms with Crippen molar-refractivity contribution in [2.24, 2.45) is 0 Å². The van der Waals surface area contributed by atoms with Crippen LogP contribution in [0, 0.1) is 0 Å². The lowest BCUT2D eigenvalue weighted by Gasteiger charge is -2.23. The summed E-state index contributed by atoms with van der Waals surface area (Å²) in [6.07, 6.45) is 3.85. The van der Waals surface area contributed by atoms with Gasteiger partial charge in [-0.15, -0.1) is 0 Å². The molecule has 0 spiro atoms. The fourth-order valence-electron chi connectivity index (χ4n) is 0.718.